The van der Waals surface area contributed by atoms with Crippen LogP contribution in [0.5, 0.6) is 0 Å². The van der Waals surface area contributed by atoms with E-state index in [1.54, 1.807) is 0 Å². The van der Waals surface area contributed by atoms with Gasteiger partial charge in [-0.05, 0) is 37.5 Å². The number of carbonyl (C=O) groups excluding carboxylic acids is 1. The van der Waals surface area contributed by atoms with E-state index in [1.165, 1.54) is 5.56 Å². The van der Waals surface area contributed by atoms with Gasteiger partial charge in [0, 0.05) is 12.1 Å². The number of amides is 1. The lowest BCUT2D eigenvalue weighted by Gasteiger charge is -2.16. The number of carbonyl (C=O) groups is 1. The van der Waals surface area contributed by atoms with Crippen molar-refractivity contribution >= 4 is 11.6 Å². The molecule has 24 heavy (non-hydrogen) atoms. The van der Waals surface area contributed by atoms with Gasteiger partial charge in [-0.2, -0.15) is 0 Å². The first-order valence-corrected chi connectivity index (χ1v) is 7.49. The number of rotatable bonds is 5. The van der Waals surface area contributed by atoms with Gasteiger partial charge in [-0.1, -0.05) is 18.2 Å². The number of aromatic nitrogens is 1. The van der Waals surface area contributed by atoms with Crippen LogP contribution in [0.4, 0.5) is 5.69 Å². The molecule has 0 aliphatic carbocycles. The zero-order valence-corrected chi connectivity index (χ0v) is 13.8. The highest BCUT2D eigenvalue weighted by molar-refractivity contribution is 5.76. The number of aryl methyl sites for hydroxylation is 2. The molecule has 7 nitrogen and oxygen atoms in total. The van der Waals surface area contributed by atoms with E-state index in [-0.39, 0.29) is 24.2 Å². The van der Waals surface area contributed by atoms with E-state index in [0.29, 0.717) is 0 Å². The minimum atomic E-state index is -0.606. The lowest BCUT2D eigenvalue weighted by atomic mass is 10.0. The van der Waals surface area contributed by atoms with E-state index < -0.39 is 10.5 Å². The van der Waals surface area contributed by atoms with Crippen LogP contribution in [0.2, 0.25) is 0 Å². The third-order valence-corrected chi connectivity index (χ3v) is 3.90. The molecule has 0 radical (unpaired) electrons. The maximum absolute atomic E-state index is 12.1. The minimum absolute atomic E-state index is 0.230. The van der Waals surface area contributed by atoms with Crippen molar-refractivity contribution in [3.63, 3.8) is 0 Å². The predicted octanol–water partition coefficient (Wildman–Crippen LogP) is 2.25. The van der Waals surface area contributed by atoms with E-state index in [9.17, 15) is 19.7 Å². The predicted molar refractivity (Wildman–Crippen MR) is 89.8 cm³/mol. The summed E-state index contributed by atoms with van der Waals surface area (Å²) >= 11 is 0. The van der Waals surface area contributed by atoms with Gasteiger partial charge in [-0.3, -0.25) is 24.3 Å². The highest BCUT2D eigenvalue weighted by atomic mass is 16.6. The summed E-state index contributed by atoms with van der Waals surface area (Å²) in [6.45, 7) is 5.58. The van der Waals surface area contributed by atoms with E-state index in [2.05, 4.69) is 5.32 Å². The molecule has 1 heterocycles. The van der Waals surface area contributed by atoms with Crippen LogP contribution in [-0.2, 0) is 11.3 Å². The molecule has 0 bridgehead atoms. The number of nitrogens with zero attached hydrogens (tertiary/aromatic N) is 2. The van der Waals surface area contributed by atoms with Crippen molar-refractivity contribution in [2.45, 2.75) is 33.4 Å². The number of benzene rings is 1. The Morgan fingerprint density at radius 3 is 2.58 bits per heavy atom. The van der Waals surface area contributed by atoms with Crippen molar-refractivity contribution in [3.05, 3.63) is 73.7 Å². The highest BCUT2D eigenvalue weighted by Gasteiger charge is 2.13. The average molecular weight is 329 g/mol. The number of nitrogens with one attached hydrogen (secondary N) is 1. The standard InChI is InChI=1S/C17H19N3O4/c1-11-4-5-14(8-12(11)2)13(3)18-16(21)10-19-9-15(20(23)24)6-7-17(19)22/h4-9,13H,10H2,1-3H3,(H,18,21). The van der Waals surface area contributed by atoms with E-state index in [1.807, 2.05) is 39.0 Å². The summed E-state index contributed by atoms with van der Waals surface area (Å²) in [4.78, 5) is 34.0. The van der Waals surface area contributed by atoms with Crippen LogP contribution in [0.3, 0.4) is 0 Å². The molecule has 0 aliphatic rings. The summed E-state index contributed by atoms with van der Waals surface area (Å²) in [6, 6.07) is 7.89. The highest BCUT2D eigenvalue weighted by Crippen LogP contribution is 2.16. The Morgan fingerprint density at radius 2 is 1.96 bits per heavy atom. The molecule has 1 aromatic carbocycles. The molecule has 1 aromatic heterocycles. The Kier molecular flexibility index (Phi) is 5.13. The van der Waals surface area contributed by atoms with Crippen LogP contribution in [0.25, 0.3) is 0 Å². The molecule has 0 saturated heterocycles. The molecule has 0 saturated carbocycles. The third kappa shape index (κ3) is 4.07. The fourth-order valence-electron chi connectivity index (χ4n) is 2.31. The monoisotopic (exact) mass is 329 g/mol. The zero-order valence-electron chi connectivity index (χ0n) is 13.8. The van der Waals surface area contributed by atoms with Crippen LogP contribution in [0.1, 0.15) is 29.7 Å². The average Bonchev–Trinajstić information content (AvgIpc) is 2.51. The topological polar surface area (TPSA) is 94.2 Å². The van der Waals surface area contributed by atoms with Crippen LogP contribution < -0.4 is 10.9 Å². The van der Waals surface area contributed by atoms with Gasteiger partial charge in [0.05, 0.1) is 17.2 Å². The molecule has 1 amide bonds. The van der Waals surface area contributed by atoms with Gasteiger partial charge < -0.3 is 5.32 Å². The zero-order chi connectivity index (χ0) is 17.9. The van der Waals surface area contributed by atoms with Gasteiger partial charge in [-0.25, -0.2) is 0 Å². The Hall–Kier alpha value is -2.96. The Morgan fingerprint density at radius 1 is 1.25 bits per heavy atom. The lowest BCUT2D eigenvalue weighted by molar-refractivity contribution is -0.385. The lowest BCUT2D eigenvalue weighted by Crippen LogP contribution is -2.33. The van der Waals surface area contributed by atoms with Crippen LogP contribution in [-0.4, -0.2) is 15.4 Å². The fraction of sp³-hybridized carbons (Fsp3) is 0.294. The Balaban J connectivity index is 2.10. The molecule has 2 rings (SSSR count). The van der Waals surface area contributed by atoms with Gasteiger partial charge in [0.25, 0.3) is 11.2 Å². The summed E-state index contributed by atoms with van der Waals surface area (Å²) in [5.41, 5.74) is 2.56. The molecule has 0 spiro atoms. The molecule has 2 aromatic rings. The maximum Gasteiger partial charge on any atom is 0.285 e. The van der Waals surface area contributed by atoms with Crippen molar-refractivity contribution < 1.29 is 9.72 Å². The first-order chi connectivity index (χ1) is 11.3. The summed E-state index contributed by atoms with van der Waals surface area (Å²) < 4.78 is 1.03. The maximum atomic E-state index is 12.1. The van der Waals surface area contributed by atoms with Crippen LogP contribution in [0.15, 0.2) is 41.3 Å². The first-order valence-electron chi connectivity index (χ1n) is 7.49. The second-order valence-electron chi connectivity index (χ2n) is 5.74. The van der Waals surface area contributed by atoms with Gasteiger partial charge in [-0.15, -0.1) is 0 Å². The van der Waals surface area contributed by atoms with Crippen LogP contribution in [0, 0.1) is 24.0 Å². The van der Waals surface area contributed by atoms with Crippen molar-refractivity contribution in [1.82, 2.24) is 9.88 Å². The molecule has 7 heteroatoms. The molecular weight excluding hydrogens is 310 g/mol. The molecule has 0 aliphatic heterocycles. The molecule has 1 unspecified atom stereocenters. The smallest absolute Gasteiger partial charge is 0.285 e. The summed E-state index contributed by atoms with van der Waals surface area (Å²) in [7, 11) is 0. The molecule has 1 atom stereocenters. The van der Waals surface area contributed by atoms with Gasteiger partial charge in [0.2, 0.25) is 5.91 Å². The number of hydrogen-bond donors (Lipinski definition) is 1. The quantitative estimate of drug-likeness (QED) is 0.672. The minimum Gasteiger partial charge on any atom is -0.348 e. The van der Waals surface area contributed by atoms with Gasteiger partial charge in [0.1, 0.15) is 6.54 Å². The second-order valence-corrected chi connectivity index (χ2v) is 5.74. The van der Waals surface area contributed by atoms with Crippen molar-refractivity contribution in [3.8, 4) is 0 Å². The van der Waals surface area contributed by atoms with Gasteiger partial charge in [0.15, 0.2) is 0 Å². The molecule has 1 N–H and O–H groups in total. The number of pyridine rings is 1. The molecule has 0 fully saturated rings. The Labute approximate surface area is 139 Å². The fourth-order valence-corrected chi connectivity index (χ4v) is 2.31. The van der Waals surface area contributed by atoms with Crippen LogP contribution >= 0.6 is 0 Å². The number of nitro groups is 1. The third-order valence-electron chi connectivity index (χ3n) is 3.90. The van der Waals surface area contributed by atoms with E-state index >= 15 is 0 Å². The Bertz CT molecular complexity index is 842. The first kappa shape index (κ1) is 17.4. The second kappa shape index (κ2) is 7.08. The molecular formula is C17H19N3O4. The van der Waals surface area contributed by atoms with E-state index in [4.69, 9.17) is 0 Å². The van der Waals surface area contributed by atoms with Crippen molar-refractivity contribution in [2.24, 2.45) is 0 Å². The normalized spacial score (nSPS) is 11.8. The molecule has 126 valence electrons. The summed E-state index contributed by atoms with van der Waals surface area (Å²) in [6.07, 6.45) is 1.07. The number of hydrogen-bond acceptors (Lipinski definition) is 4. The SMILES string of the molecule is Cc1ccc(C(C)NC(=O)Cn2cc([N+](=O)[O-])ccc2=O)cc1C. The largest absolute Gasteiger partial charge is 0.348 e. The summed E-state index contributed by atoms with van der Waals surface area (Å²) in [5.74, 6) is -0.386. The van der Waals surface area contributed by atoms with Crippen molar-refractivity contribution in [1.29, 1.82) is 0 Å². The van der Waals surface area contributed by atoms with Crippen molar-refractivity contribution in [2.75, 3.05) is 0 Å². The van der Waals surface area contributed by atoms with Gasteiger partial charge >= 0.3 is 0 Å². The summed E-state index contributed by atoms with van der Waals surface area (Å²) in [5, 5.41) is 13.6. The van der Waals surface area contributed by atoms with E-state index in [0.717, 1.165) is 34.0 Å².